The number of amides is 1. The molecule has 2 saturated heterocycles. The van der Waals surface area contributed by atoms with Crippen molar-refractivity contribution in [1.82, 2.24) is 10.2 Å². The normalized spacial score (nSPS) is 22.2. The molecular formula is C18H25Cl2N3O2. The summed E-state index contributed by atoms with van der Waals surface area (Å²) in [6, 6.07) is 6.13. The van der Waals surface area contributed by atoms with Crippen LogP contribution in [0.1, 0.15) is 25.7 Å². The molecule has 0 radical (unpaired) electrons. The number of hydrogen-bond donors (Lipinski definition) is 2. The van der Waals surface area contributed by atoms with E-state index in [0.717, 1.165) is 45.6 Å². The van der Waals surface area contributed by atoms with Crippen LogP contribution < -0.4 is 10.6 Å². The number of piperidine rings is 1. The molecule has 0 spiro atoms. The van der Waals surface area contributed by atoms with Gasteiger partial charge in [0.2, 0.25) is 5.91 Å². The number of carbonyl (C=O) groups excluding carboxylic acids is 1. The van der Waals surface area contributed by atoms with Gasteiger partial charge < -0.3 is 15.4 Å². The molecule has 1 aromatic rings. The van der Waals surface area contributed by atoms with Crippen LogP contribution in [0.25, 0.3) is 0 Å². The Kier molecular flexibility index (Phi) is 6.96. The van der Waals surface area contributed by atoms with Gasteiger partial charge in [0.25, 0.3) is 0 Å². The minimum absolute atomic E-state index is 0.0358. The van der Waals surface area contributed by atoms with E-state index in [-0.39, 0.29) is 5.91 Å². The van der Waals surface area contributed by atoms with Gasteiger partial charge in [0.15, 0.2) is 0 Å². The largest absolute Gasteiger partial charge is 0.380 e. The second kappa shape index (κ2) is 9.19. The molecule has 5 nitrogen and oxygen atoms in total. The Morgan fingerprint density at radius 1 is 1.16 bits per heavy atom. The van der Waals surface area contributed by atoms with Gasteiger partial charge in [-0.1, -0.05) is 23.2 Å². The van der Waals surface area contributed by atoms with Crippen molar-refractivity contribution in [3.05, 3.63) is 28.2 Å². The molecule has 0 bridgehead atoms. The highest BCUT2D eigenvalue weighted by Gasteiger charge is 2.27. The predicted molar refractivity (Wildman–Crippen MR) is 102 cm³/mol. The molecule has 2 aliphatic rings. The third kappa shape index (κ3) is 5.83. The highest BCUT2D eigenvalue weighted by molar-refractivity contribution is 6.35. The van der Waals surface area contributed by atoms with Crippen LogP contribution in [-0.2, 0) is 9.53 Å². The van der Waals surface area contributed by atoms with Gasteiger partial charge in [-0.25, -0.2) is 0 Å². The molecule has 7 heteroatoms. The highest BCUT2D eigenvalue weighted by Crippen LogP contribution is 2.22. The molecule has 138 valence electrons. The van der Waals surface area contributed by atoms with E-state index in [0.29, 0.717) is 40.8 Å². The number of benzene rings is 1. The van der Waals surface area contributed by atoms with Crippen LogP contribution in [0.5, 0.6) is 0 Å². The summed E-state index contributed by atoms with van der Waals surface area (Å²) in [5.41, 5.74) is 0.634. The smallest absolute Gasteiger partial charge is 0.225 e. The van der Waals surface area contributed by atoms with Crippen molar-refractivity contribution in [3.8, 4) is 0 Å². The van der Waals surface area contributed by atoms with Gasteiger partial charge in [-0.15, -0.1) is 0 Å². The van der Waals surface area contributed by atoms with Crippen molar-refractivity contribution in [2.24, 2.45) is 0 Å². The number of hydrogen-bond acceptors (Lipinski definition) is 4. The average Bonchev–Trinajstić information content (AvgIpc) is 3.09. The zero-order valence-electron chi connectivity index (χ0n) is 14.3. The number of carbonyl (C=O) groups is 1. The standard InChI is InChI=1S/C18H25Cl2N3O2/c19-13-9-14(20)11-16(10-13)22-18(24)1-5-21-15-2-6-23(7-3-15)17-4-8-25-12-17/h9-11,15,17,21H,1-8,12H2,(H,22,24). The maximum Gasteiger partial charge on any atom is 0.225 e. The van der Waals surface area contributed by atoms with Crippen LogP contribution in [0.15, 0.2) is 18.2 Å². The number of halogens is 2. The van der Waals surface area contributed by atoms with Crippen LogP contribution in [0.3, 0.4) is 0 Å². The summed E-state index contributed by atoms with van der Waals surface area (Å²) in [6.45, 7) is 4.68. The van der Waals surface area contributed by atoms with Gasteiger partial charge >= 0.3 is 0 Å². The molecule has 3 rings (SSSR count). The third-order valence-electron chi connectivity index (χ3n) is 4.88. The van der Waals surface area contributed by atoms with Gasteiger partial charge in [-0.2, -0.15) is 0 Å². The second-order valence-electron chi connectivity index (χ2n) is 6.74. The Bertz CT molecular complexity index is 565. The molecule has 1 aromatic carbocycles. The number of nitrogens with zero attached hydrogens (tertiary/aromatic N) is 1. The molecule has 25 heavy (non-hydrogen) atoms. The van der Waals surface area contributed by atoms with Crippen LogP contribution >= 0.6 is 23.2 Å². The van der Waals surface area contributed by atoms with Crippen molar-refractivity contribution in [2.45, 2.75) is 37.8 Å². The number of nitrogens with one attached hydrogen (secondary N) is 2. The van der Waals surface area contributed by atoms with Crippen molar-refractivity contribution in [3.63, 3.8) is 0 Å². The monoisotopic (exact) mass is 385 g/mol. The lowest BCUT2D eigenvalue weighted by Crippen LogP contribution is -2.47. The molecule has 2 N–H and O–H groups in total. The van der Waals surface area contributed by atoms with Crippen LogP contribution in [0, 0.1) is 0 Å². The third-order valence-corrected chi connectivity index (χ3v) is 5.32. The van der Waals surface area contributed by atoms with E-state index in [1.54, 1.807) is 18.2 Å². The molecule has 1 atom stereocenters. The maximum atomic E-state index is 12.0. The van der Waals surface area contributed by atoms with E-state index in [4.69, 9.17) is 27.9 Å². The van der Waals surface area contributed by atoms with Gasteiger partial charge in [0.05, 0.1) is 6.61 Å². The first-order valence-corrected chi connectivity index (χ1v) is 9.67. The van der Waals surface area contributed by atoms with Crippen molar-refractivity contribution >= 4 is 34.8 Å². The summed E-state index contributed by atoms with van der Waals surface area (Å²) >= 11 is 11.9. The predicted octanol–water partition coefficient (Wildman–Crippen LogP) is 3.16. The summed E-state index contributed by atoms with van der Waals surface area (Å²) in [6.07, 6.45) is 3.84. The summed E-state index contributed by atoms with van der Waals surface area (Å²) < 4.78 is 5.47. The number of ether oxygens (including phenoxy) is 1. The van der Waals surface area contributed by atoms with Crippen LogP contribution in [-0.4, -0.2) is 55.7 Å². The lowest BCUT2D eigenvalue weighted by Gasteiger charge is -2.35. The first-order valence-electron chi connectivity index (χ1n) is 8.91. The topological polar surface area (TPSA) is 53.6 Å². The van der Waals surface area contributed by atoms with Crippen molar-refractivity contribution in [2.75, 3.05) is 38.2 Å². The Labute approximate surface area is 159 Å². The summed E-state index contributed by atoms with van der Waals surface area (Å²) in [7, 11) is 0. The number of anilines is 1. The van der Waals surface area contributed by atoms with Crippen molar-refractivity contribution < 1.29 is 9.53 Å². The molecule has 2 heterocycles. The fraction of sp³-hybridized carbons (Fsp3) is 0.611. The Morgan fingerprint density at radius 2 is 1.88 bits per heavy atom. The van der Waals surface area contributed by atoms with E-state index >= 15 is 0 Å². The van der Waals surface area contributed by atoms with Crippen molar-refractivity contribution in [1.29, 1.82) is 0 Å². The van der Waals surface area contributed by atoms with E-state index in [9.17, 15) is 4.79 Å². The van der Waals surface area contributed by atoms with Gasteiger partial charge in [-0.05, 0) is 37.5 Å². The van der Waals surface area contributed by atoms with Gasteiger partial charge in [0.1, 0.15) is 0 Å². The SMILES string of the molecule is O=C(CCNC1CCN(C2CCOC2)CC1)Nc1cc(Cl)cc(Cl)c1. The quantitative estimate of drug-likeness (QED) is 0.789. The van der Waals surface area contributed by atoms with Crippen LogP contribution in [0.4, 0.5) is 5.69 Å². The Balaban J connectivity index is 1.33. The lowest BCUT2D eigenvalue weighted by molar-refractivity contribution is -0.116. The first-order chi connectivity index (χ1) is 12.1. The average molecular weight is 386 g/mol. The molecule has 0 saturated carbocycles. The first kappa shape index (κ1) is 18.9. The summed E-state index contributed by atoms with van der Waals surface area (Å²) in [5, 5.41) is 7.37. The Morgan fingerprint density at radius 3 is 2.52 bits per heavy atom. The minimum atomic E-state index is -0.0358. The van der Waals surface area contributed by atoms with Gasteiger partial charge in [-0.3, -0.25) is 9.69 Å². The fourth-order valence-corrected chi connectivity index (χ4v) is 4.04. The molecule has 2 aliphatic heterocycles. The molecular weight excluding hydrogens is 361 g/mol. The highest BCUT2D eigenvalue weighted by atomic mass is 35.5. The molecule has 1 unspecified atom stereocenters. The summed E-state index contributed by atoms with van der Waals surface area (Å²) in [5.74, 6) is -0.0358. The molecule has 2 fully saturated rings. The number of likely N-dealkylation sites (tertiary alicyclic amines) is 1. The van der Waals surface area contributed by atoms with E-state index in [1.807, 2.05) is 0 Å². The number of rotatable bonds is 6. The zero-order valence-corrected chi connectivity index (χ0v) is 15.8. The van der Waals surface area contributed by atoms with E-state index in [2.05, 4.69) is 15.5 Å². The minimum Gasteiger partial charge on any atom is -0.380 e. The van der Waals surface area contributed by atoms with E-state index in [1.165, 1.54) is 0 Å². The van der Waals surface area contributed by atoms with E-state index < -0.39 is 0 Å². The molecule has 0 aliphatic carbocycles. The molecule has 0 aromatic heterocycles. The second-order valence-corrected chi connectivity index (χ2v) is 7.61. The fourth-order valence-electron chi connectivity index (χ4n) is 3.52. The van der Waals surface area contributed by atoms with Gasteiger partial charge in [0, 0.05) is 60.5 Å². The Hall–Kier alpha value is -0.850. The maximum absolute atomic E-state index is 12.0. The van der Waals surface area contributed by atoms with Crippen LogP contribution in [0.2, 0.25) is 10.0 Å². The summed E-state index contributed by atoms with van der Waals surface area (Å²) in [4.78, 5) is 14.6. The molecule has 1 amide bonds. The lowest BCUT2D eigenvalue weighted by atomic mass is 10.0. The zero-order chi connectivity index (χ0) is 17.6.